The van der Waals surface area contributed by atoms with Crippen LogP contribution in [0, 0.1) is 0 Å². The molecule has 4 nitrogen and oxygen atoms in total. The number of hydrogen-bond acceptors (Lipinski definition) is 3. The topological polar surface area (TPSA) is 55.6 Å². The molecule has 4 aromatic carbocycles. The van der Waals surface area contributed by atoms with E-state index >= 15 is 0 Å². The third kappa shape index (κ3) is 8.75. The van der Waals surface area contributed by atoms with Gasteiger partial charge in [0.15, 0.2) is 0 Å². The Bertz CT molecular complexity index is 1230. The Morgan fingerprint density at radius 1 is 0.816 bits per heavy atom. The van der Waals surface area contributed by atoms with Gasteiger partial charge in [-0.3, -0.25) is 9.69 Å². The molecule has 0 unspecified atom stereocenters. The molecule has 0 aliphatic heterocycles. The Hall–Kier alpha value is -4.15. The van der Waals surface area contributed by atoms with Crippen molar-refractivity contribution in [3.8, 4) is 5.75 Å². The number of rotatable bonds is 14. The van der Waals surface area contributed by atoms with Crippen LogP contribution < -0.4 is 10.5 Å². The minimum Gasteiger partial charge on any atom is -0.494 e. The van der Waals surface area contributed by atoms with E-state index in [9.17, 15) is 4.79 Å². The number of carbonyl (C=O) groups is 1. The van der Waals surface area contributed by atoms with Crippen molar-refractivity contribution in [2.75, 3.05) is 26.2 Å². The van der Waals surface area contributed by atoms with Crippen molar-refractivity contribution in [1.82, 2.24) is 4.90 Å². The van der Waals surface area contributed by atoms with E-state index in [2.05, 4.69) is 102 Å². The third-order valence-electron chi connectivity index (χ3n) is 6.48. The van der Waals surface area contributed by atoms with E-state index in [1.807, 2.05) is 30.3 Å². The minimum absolute atomic E-state index is 0.221. The smallest absolute Gasteiger partial charge is 0.221 e. The number of hydrogen-bond donors (Lipinski definition) is 1. The summed E-state index contributed by atoms with van der Waals surface area (Å²) in [5, 5.41) is 0. The lowest BCUT2D eigenvalue weighted by molar-refractivity contribution is -0.117. The van der Waals surface area contributed by atoms with Gasteiger partial charge >= 0.3 is 0 Å². The summed E-state index contributed by atoms with van der Waals surface area (Å²) in [5.74, 6) is 0.701. The van der Waals surface area contributed by atoms with Crippen molar-refractivity contribution < 1.29 is 9.53 Å². The van der Waals surface area contributed by atoms with Crippen LogP contribution in [0.25, 0.3) is 6.08 Å². The van der Waals surface area contributed by atoms with E-state index in [4.69, 9.17) is 10.5 Å². The summed E-state index contributed by atoms with van der Waals surface area (Å²) in [6.45, 7) is 3.25. The molecular weight excluding hydrogens is 468 g/mol. The molecule has 38 heavy (non-hydrogen) atoms. The summed E-state index contributed by atoms with van der Waals surface area (Å²) in [6.07, 6.45) is 5.54. The summed E-state index contributed by atoms with van der Waals surface area (Å²) < 4.78 is 6.03. The lowest BCUT2D eigenvalue weighted by Crippen LogP contribution is -2.31. The highest BCUT2D eigenvalue weighted by Gasteiger charge is 2.17. The number of nitrogens with zero attached hydrogens (tertiary/aromatic N) is 1. The first-order valence-electron chi connectivity index (χ1n) is 13.2. The molecular formula is C34H36N2O2. The van der Waals surface area contributed by atoms with Gasteiger partial charge in [0.25, 0.3) is 0 Å². The van der Waals surface area contributed by atoms with Crippen LogP contribution >= 0.6 is 0 Å². The second-order valence-corrected chi connectivity index (χ2v) is 9.44. The van der Waals surface area contributed by atoms with Crippen LogP contribution in [0.4, 0.5) is 0 Å². The molecule has 0 heterocycles. The molecule has 0 saturated carbocycles. The highest BCUT2D eigenvalue weighted by Crippen LogP contribution is 2.26. The summed E-state index contributed by atoms with van der Waals surface area (Å²) in [5.41, 5.74) is 10.0. The van der Waals surface area contributed by atoms with Gasteiger partial charge in [-0.15, -0.1) is 0 Å². The Morgan fingerprint density at radius 3 is 2.08 bits per heavy atom. The zero-order valence-corrected chi connectivity index (χ0v) is 21.8. The van der Waals surface area contributed by atoms with Gasteiger partial charge < -0.3 is 10.5 Å². The predicted molar refractivity (Wildman–Crippen MR) is 156 cm³/mol. The minimum atomic E-state index is -0.340. The summed E-state index contributed by atoms with van der Waals surface area (Å²) in [4.78, 5) is 13.8. The van der Waals surface area contributed by atoms with Gasteiger partial charge in [-0.1, -0.05) is 115 Å². The lowest BCUT2D eigenvalue weighted by Gasteiger charge is -2.27. The Labute approximate surface area is 226 Å². The number of benzene rings is 4. The summed E-state index contributed by atoms with van der Waals surface area (Å²) >= 11 is 0. The van der Waals surface area contributed by atoms with Crippen molar-refractivity contribution in [2.45, 2.75) is 18.8 Å². The average molecular weight is 505 g/mol. The largest absolute Gasteiger partial charge is 0.494 e. The van der Waals surface area contributed by atoms with Gasteiger partial charge in [0.2, 0.25) is 5.91 Å². The first kappa shape index (κ1) is 26.9. The molecule has 4 heteroatoms. The summed E-state index contributed by atoms with van der Waals surface area (Å²) in [7, 11) is 0. The van der Waals surface area contributed by atoms with Gasteiger partial charge in [-0.25, -0.2) is 0 Å². The van der Waals surface area contributed by atoms with E-state index in [1.165, 1.54) is 16.7 Å². The number of ether oxygens (including phenoxy) is 1. The second-order valence-electron chi connectivity index (χ2n) is 9.44. The quantitative estimate of drug-likeness (QED) is 0.204. The second kappa shape index (κ2) is 14.6. The first-order valence-corrected chi connectivity index (χ1v) is 13.2. The van der Waals surface area contributed by atoms with Gasteiger partial charge in [-0.2, -0.15) is 0 Å². The zero-order chi connectivity index (χ0) is 26.4. The van der Waals surface area contributed by atoms with Crippen molar-refractivity contribution in [3.63, 3.8) is 0 Å². The molecule has 0 atom stereocenters. The van der Waals surface area contributed by atoms with Crippen molar-refractivity contribution in [1.29, 1.82) is 0 Å². The van der Waals surface area contributed by atoms with E-state index in [-0.39, 0.29) is 18.2 Å². The van der Waals surface area contributed by atoms with Crippen LogP contribution in [-0.4, -0.2) is 37.0 Å². The number of nitrogens with two attached hydrogens (primary N) is 1. The van der Waals surface area contributed by atoms with Crippen molar-refractivity contribution in [2.24, 2.45) is 5.73 Å². The molecule has 4 rings (SSSR count). The number of amides is 1. The molecule has 0 aliphatic carbocycles. The fraction of sp³-hybridized carbons (Fsp3) is 0.206. The zero-order valence-electron chi connectivity index (χ0n) is 21.8. The van der Waals surface area contributed by atoms with Crippen LogP contribution in [0.2, 0.25) is 0 Å². The summed E-state index contributed by atoms with van der Waals surface area (Å²) in [6, 6.07) is 39.5. The molecule has 0 radical (unpaired) electrons. The van der Waals surface area contributed by atoms with E-state index in [1.54, 1.807) is 0 Å². The van der Waals surface area contributed by atoms with Gasteiger partial charge in [0.1, 0.15) is 5.75 Å². The van der Waals surface area contributed by atoms with Crippen molar-refractivity contribution in [3.05, 3.63) is 144 Å². The fourth-order valence-corrected chi connectivity index (χ4v) is 4.62. The molecule has 0 spiro atoms. The van der Waals surface area contributed by atoms with Crippen LogP contribution in [0.15, 0.2) is 121 Å². The maximum Gasteiger partial charge on any atom is 0.221 e. The standard InChI is InChI=1S/C34H36N2O2/c35-34(37)26-29-15-10-21-32(25-29)38-24-12-23-36(22-11-16-28-13-4-1-5-14-28)27-33(30-17-6-2-7-18-30)31-19-8-3-9-20-31/h1-11,13-21,25,33H,12,22-24,26-27H2,(H2,35,37). The van der Waals surface area contributed by atoms with Crippen LogP contribution in [0.5, 0.6) is 5.75 Å². The van der Waals surface area contributed by atoms with Gasteiger partial charge in [0.05, 0.1) is 13.0 Å². The maximum atomic E-state index is 11.3. The normalized spacial score (nSPS) is 11.3. The molecule has 4 aromatic rings. The lowest BCUT2D eigenvalue weighted by atomic mass is 9.90. The van der Waals surface area contributed by atoms with E-state index < -0.39 is 0 Å². The molecule has 194 valence electrons. The highest BCUT2D eigenvalue weighted by atomic mass is 16.5. The first-order chi connectivity index (χ1) is 18.7. The van der Waals surface area contributed by atoms with Gasteiger partial charge in [0, 0.05) is 25.6 Å². The number of carbonyl (C=O) groups excluding carboxylic acids is 1. The van der Waals surface area contributed by atoms with Crippen LogP contribution in [-0.2, 0) is 11.2 Å². The van der Waals surface area contributed by atoms with Crippen molar-refractivity contribution >= 4 is 12.0 Å². The number of primary amides is 1. The van der Waals surface area contributed by atoms with Crippen LogP contribution in [0.1, 0.15) is 34.6 Å². The predicted octanol–water partition coefficient (Wildman–Crippen LogP) is 6.33. The SMILES string of the molecule is NC(=O)Cc1cccc(OCCCN(CC=Cc2ccccc2)CC(c2ccccc2)c2ccccc2)c1. The van der Waals surface area contributed by atoms with Gasteiger partial charge in [-0.05, 0) is 40.8 Å². The Balaban J connectivity index is 1.43. The molecule has 0 bridgehead atoms. The van der Waals surface area contributed by atoms with E-state index in [0.29, 0.717) is 6.61 Å². The average Bonchev–Trinajstić information content (AvgIpc) is 2.95. The molecule has 0 aliphatic rings. The molecule has 0 aromatic heterocycles. The van der Waals surface area contributed by atoms with E-state index in [0.717, 1.165) is 37.4 Å². The third-order valence-corrected chi connectivity index (χ3v) is 6.48. The monoisotopic (exact) mass is 504 g/mol. The highest BCUT2D eigenvalue weighted by molar-refractivity contribution is 5.76. The molecule has 0 saturated heterocycles. The maximum absolute atomic E-state index is 11.3. The Kier molecular flexibility index (Phi) is 10.3. The molecule has 0 fully saturated rings. The fourth-order valence-electron chi connectivity index (χ4n) is 4.62. The Morgan fingerprint density at radius 2 is 1.45 bits per heavy atom. The van der Waals surface area contributed by atoms with Crippen LogP contribution in [0.3, 0.4) is 0 Å². The molecule has 1 amide bonds. The molecule has 2 N–H and O–H groups in total.